The molecule has 1 aliphatic rings. The third-order valence-corrected chi connectivity index (χ3v) is 5.16. The molecule has 0 aliphatic carbocycles. The van der Waals surface area contributed by atoms with Gasteiger partial charge in [-0.1, -0.05) is 13.0 Å². The van der Waals surface area contributed by atoms with Gasteiger partial charge in [-0.25, -0.2) is 0 Å². The lowest BCUT2D eigenvalue weighted by Gasteiger charge is -2.30. The fourth-order valence-electron chi connectivity index (χ4n) is 3.45. The Kier molecular flexibility index (Phi) is 14.1. The van der Waals surface area contributed by atoms with Crippen LogP contribution in [0.1, 0.15) is 39.5 Å². The SMILES string of the molecule is CCNC(=NCCC1CCN(CC)CC1)Nc1cccc(OCCCOC)c1.I. The zero-order chi connectivity index (χ0) is 20.0. The molecule has 0 aromatic heterocycles. The number of rotatable bonds is 11. The molecule has 1 fully saturated rings. The number of hydrogen-bond acceptors (Lipinski definition) is 4. The van der Waals surface area contributed by atoms with Crippen LogP contribution in [-0.2, 0) is 4.74 Å². The molecule has 0 spiro atoms. The van der Waals surface area contributed by atoms with Gasteiger partial charge < -0.3 is 25.0 Å². The number of nitrogens with zero attached hydrogens (tertiary/aromatic N) is 2. The molecule has 2 rings (SSSR count). The van der Waals surface area contributed by atoms with Crippen molar-refractivity contribution in [2.45, 2.75) is 39.5 Å². The number of aliphatic imine (C=N–C) groups is 1. The molecule has 0 unspecified atom stereocenters. The highest BCUT2D eigenvalue weighted by Gasteiger charge is 2.17. The fourth-order valence-corrected chi connectivity index (χ4v) is 3.45. The minimum absolute atomic E-state index is 0. The lowest BCUT2D eigenvalue weighted by atomic mass is 9.94. The Morgan fingerprint density at radius 3 is 2.69 bits per heavy atom. The minimum Gasteiger partial charge on any atom is -0.493 e. The van der Waals surface area contributed by atoms with Crippen molar-refractivity contribution >= 4 is 35.6 Å². The number of hydrogen-bond donors (Lipinski definition) is 2. The van der Waals surface area contributed by atoms with Gasteiger partial charge in [-0.3, -0.25) is 4.99 Å². The quantitative estimate of drug-likeness (QED) is 0.199. The molecule has 0 saturated carbocycles. The summed E-state index contributed by atoms with van der Waals surface area (Å²) in [7, 11) is 1.71. The van der Waals surface area contributed by atoms with Gasteiger partial charge in [-0.05, 0) is 63.9 Å². The molecule has 7 heteroatoms. The smallest absolute Gasteiger partial charge is 0.195 e. The third-order valence-electron chi connectivity index (χ3n) is 5.16. The van der Waals surface area contributed by atoms with Crippen LogP contribution in [0.15, 0.2) is 29.3 Å². The van der Waals surface area contributed by atoms with Crippen LogP contribution in [0.3, 0.4) is 0 Å². The van der Waals surface area contributed by atoms with Crippen molar-refractivity contribution in [2.24, 2.45) is 10.9 Å². The maximum absolute atomic E-state index is 5.78. The highest BCUT2D eigenvalue weighted by atomic mass is 127. The van der Waals surface area contributed by atoms with E-state index in [0.29, 0.717) is 13.2 Å². The first kappa shape index (κ1) is 26.0. The molecular weight excluding hydrogens is 479 g/mol. The summed E-state index contributed by atoms with van der Waals surface area (Å²) < 4.78 is 10.8. The van der Waals surface area contributed by atoms with Crippen molar-refractivity contribution in [1.29, 1.82) is 0 Å². The van der Waals surface area contributed by atoms with Gasteiger partial charge in [0, 0.05) is 45.0 Å². The maximum atomic E-state index is 5.78. The summed E-state index contributed by atoms with van der Waals surface area (Å²) in [5, 5.41) is 6.74. The number of anilines is 1. The van der Waals surface area contributed by atoms with Crippen LogP contribution >= 0.6 is 24.0 Å². The van der Waals surface area contributed by atoms with Gasteiger partial charge in [0.1, 0.15) is 5.75 Å². The zero-order valence-corrected chi connectivity index (χ0v) is 20.6. The van der Waals surface area contributed by atoms with E-state index in [1.807, 2.05) is 24.3 Å². The van der Waals surface area contributed by atoms with Crippen LogP contribution < -0.4 is 15.4 Å². The second-order valence-electron chi connectivity index (χ2n) is 7.27. The Labute approximate surface area is 193 Å². The van der Waals surface area contributed by atoms with Crippen molar-refractivity contribution in [1.82, 2.24) is 10.2 Å². The minimum atomic E-state index is 0. The molecule has 1 aromatic rings. The standard InChI is InChI=1S/C22H38N4O2.HI/c1-4-23-22(24-13-10-19-11-14-26(5-2)15-12-19)25-20-8-6-9-21(18-20)28-17-7-16-27-3;/h6,8-9,18-19H,4-5,7,10-17H2,1-3H3,(H2,23,24,25);1H. The average molecular weight is 518 g/mol. The number of halogens is 1. The predicted octanol–water partition coefficient (Wildman–Crippen LogP) is 4.22. The molecule has 1 aliphatic heterocycles. The number of piperidine rings is 1. The number of nitrogens with one attached hydrogen (secondary N) is 2. The van der Waals surface area contributed by atoms with Crippen molar-refractivity contribution in [2.75, 3.05) is 58.4 Å². The van der Waals surface area contributed by atoms with E-state index in [2.05, 4.69) is 29.4 Å². The Hall–Kier alpha value is -1.06. The lowest BCUT2D eigenvalue weighted by Crippen LogP contribution is -2.34. The van der Waals surface area contributed by atoms with Crippen molar-refractivity contribution < 1.29 is 9.47 Å². The number of likely N-dealkylation sites (tertiary alicyclic amines) is 1. The zero-order valence-electron chi connectivity index (χ0n) is 18.3. The molecule has 166 valence electrons. The van der Waals surface area contributed by atoms with Gasteiger partial charge in [-0.15, -0.1) is 24.0 Å². The summed E-state index contributed by atoms with van der Waals surface area (Å²) in [5.74, 6) is 2.50. The maximum Gasteiger partial charge on any atom is 0.195 e. The van der Waals surface area contributed by atoms with Crippen molar-refractivity contribution in [3.8, 4) is 5.75 Å². The first-order valence-electron chi connectivity index (χ1n) is 10.7. The Morgan fingerprint density at radius 2 is 2.00 bits per heavy atom. The average Bonchev–Trinajstić information content (AvgIpc) is 2.72. The van der Waals surface area contributed by atoms with Gasteiger partial charge in [0.2, 0.25) is 0 Å². The summed E-state index contributed by atoms with van der Waals surface area (Å²) in [6, 6.07) is 8.03. The number of benzene rings is 1. The fraction of sp³-hybridized carbons (Fsp3) is 0.682. The topological polar surface area (TPSA) is 58.1 Å². The molecule has 0 bridgehead atoms. The van der Waals surface area contributed by atoms with E-state index in [0.717, 1.165) is 49.2 Å². The number of guanidine groups is 1. The normalized spacial score (nSPS) is 15.6. The lowest BCUT2D eigenvalue weighted by molar-refractivity contribution is 0.172. The van der Waals surface area contributed by atoms with Gasteiger partial charge in [0.15, 0.2) is 5.96 Å². The van der Waals surface area contributed by atoms with E-state index in [1.54, 1.807) is 7.11 Å². The van der Waals surface area contributed by atoms with Crippen LogP contribution in [0.25, 0.3) is 0 Å². The van der Waals surface area contributed by atoms with Crippen molar-refractivity contribution in [3.05, 3.63) is 24.3 Å². The second kappa shape index (κ2) is 15.7. The van der Waals surface area contributed by atoms with Gasteiger partial charge in [0.25, 0.3) is 0 Å². The molecule has 0 atom stereocenters. The summed E-state index contributed by atoms with van der Waals surface area (Å²) >= 11 is 0. The van der Waals surface area contributed by atoms with E-state index >= 15 is 0 Å². The van der Waals surface area contributed by atoms with Crippen molar-refractivity contribution in [3.63, 3.8) is 0 Å². The molecule has 0 amide bonds. The number of methoxy groups -OCH3 is 1. The summed E-state index contributed by atoms with van der Waals surface area (Å²) in [6.07, 6.45) is 4.65. The molecule has 1 aromatic carbocycles. The van der Waals surface area contributed by atoms with Gasteiger partial charge >= 0.3 is 0 Å². The van der Waals surface area contributed by atoms with E-state index in [-0.39, 0.29) is 24.0 Å². The predicted molar refractivity (Wildman–Crippen MR) is 133 cm³/mol. The monoisotopic (exact) mass is 518 g/mol. The summed E-state index contributed by atoms with van der Waals surface area (Å²) in [6.45, 7) is 11.1. The summed E-state index contributed by atoms with van der Waals surface area (Å²) in [4.78, 5) is 7.32. The summed E-state index contributed by atoms with van der Waals surface area (Å²) in [5.41, 5.74) is 0.986. The highest BCUT2D eigenvalue weighted by molar-refractivity contribution is 14.0. The second-order valence-corrected chi connectivity index (χ2v) is 7.27. The van der Waals surface area contributed by atoms with Crippen LogP contribution in [0, 0.1) is 5.92 Å². The molecule has 1 saturated heterocycles. The molecule has 29 heavy (non-hydrogen) atoms. The Bertz CT molecular complexity index is 578. The van der Waals surface area contributed by atoms with E-state index in [4.69, 9.17) is 14.5 Å². The first-order chi connectivity index (χ1) is 13.7. The molecule has 0 radical (unpaired) electrons. The van der Waals surface area contributed by atoms with Gasteiger partial charge in [-0.2, -0.15) is 0 Å². The largest absolute Gasteiger partial charge is 0.493 e. The van der Waals surface area contributed by atoms with Crippen LogP contribution in [0.4, 0.5) is 5.69 Å². The third kappa shape index (κ3) is 10.5. The molecule has 1 heterocycles. The van der Waals surface area contributed by atoms with E-state index < -0.39 is 0 Å². The van der Waals surface area contributed by atoms with E-state index in [9.17, 15) is 0 Å². The van der Waals surface area contributed by atoms with E-state index in [1.165, 1.54) is 32.5 Å². The Morgan fingerprint density at radius 1 is 1.21 bits per heavy atom. The molecule has 2 N–H and O–H groups in total. The molecule has 6 nitrogen and oxygen atoms in total. The highest BCUT2D eigenvalue weighted by Crippen LogP contribution is 2.20. The number of ether oxygens (including phenoxy) is 2. The van der Waals surface area contributed by atoms with Crippen LogP contribution in [0.2, 0.25) is 0 Å². The molecular formula is C22H39IN4O2. The Balaban J connectivity index is 0.00000420. The van der Waals surface area contributed by atoms with Crippen LogP contribution in [-0.4, -0.2) is 63.9 Å². The van der Waals surface area contributed by atoms with Gasteiger partial charge in [0.05, 0.1) is 6.61 Å². The van der Waals surface area contributed by atoms with Crippen LogP contribution in [0.5, 0.6) is 5.75 Å². The first-order valence-corrected chi connectivity index (χ1v) is 10.7.